The van der Waals surface area contributed by atoms with Crippen LogP contribution in [0.1, 0.15) is 45.2 Å². The first-order valence-corrected chi connectivity index (χ1v) is 7.83. The van der Waals surface area contributed by atoms with Crippen LogP contribution >= 0.6 is 11.3 Å². The summed E-state index contributed by atoms with van der Waals surface area (Å²) >= 11 is 1.28. The van der Waals surface area contributed by atoms with Crippen LogP contribution in [0.15, 0.2) is 5.38 Å². The monoisotopic (exact) mass is 314 g/mol. The van der Waals surface area contributed by atoms with Crippen LogP contribution in [0.25, 0.3) is 0 Å². The third-order valence-corrected chi connectivity index (χ3v) is 4.01. The molecule has 0 bridgehead atoms. The third kappa shape index (κ3) is 4.17. The quantitative estimate of drug-likeness (QED) is 0.740. The van der Waals surface area contributed by atoms with Crippen molar-refractivity contribution in [1.29, 1.82) is 0 Å². The topological polar surface area (TPSA) is 91.5 Å². The Morgan fingerprint density at radius 1 is 1.38 bits per heavy atom. The highest BCUT2D eigenvalue weighted by molar-refractivity contribution is 7.13. The molecule has 6 nitrogen and oxygen atoms in total. The van der Waals surface area contributed by atoms with Crippen molar-refractivity contribution >= 4 is 28.4 Å². The molecule has 118 valence electrons. The maximum atomic E-state index is 12.5. The largest absolute Gasteiger partial charge is 0.469 e. The minimum atomic E-state index is -0.937. The molecule has 0 saturated carbocycles. The number of carbonyl (C=O) groups is 2. The first-order valence-electron chi connectivity index (χ1n) is 6.95. The maximum Gasteiger partial charge on any atom is 0.318 e. The van der Waals surface area contributed by atoms with E-state index in [1.165, 1.54) is 18.4 Å². The van der Waals surface area contributed by atoms with E-state index in [1.54, 1.807) is 12.3 Å². The number of esters is 2. The van der Waals surface area contributed by atoms with E-state index >= 15 is 0 Å². The van der Waals surface area contributed by atoms with Gasteiger partial charge in [-0.05, 0) is 19.8 Å². The normalized spacial score (nSPS) is 13.5. The third-order valence-electron chi connectivity index (χ3n) is 3.34. The molecule has 1 heterocycles. The van der Waals surface area contributed by atoms with Gasteiger partial charge in [-0.1, -0.05) is 13.3 Å². The van der Waals surface area contributed by atoms with Crippen molar-refractivity contribution < 1.29 is 19.1 Å². The fourth-order valence-corrected chi connectivity index (χ4v) is 2.97. The lowest BCUT2D eigenvalue weighted by Crippen LogP contribution is -2.38. The summed E-state index contributed by atoms with van der Waals surface area (Å²) in [6.45, 7) is 4.01. The molecule has 0 aliphatic rings. The SMILES string of the molecule is CCC[C@@](CCC(=O)OC)(C(=O)OCC)c1csc(N)n1. The molecule has 0 unspecified atom stereocenters. The first kappa shape index (κ1) is 17.4. The zero-order chi connectivity index (χ0) is 15.9. The van der Waals surface area contributed by atoms with Crippen LogP contribution in [-0.2, 0) is 24.5 Å². The van der Waals surface area contributed by atoms with E-state index in [4.69, 9.17) is 10.5 Å². The molecular weight excluding hydrogens is 292 g/mol. The number of ether oxygens (including phenoxy) is 2. The Kier molecular flexibility index (Phi) is 6.61. The molecule has 1 aromatic heterocycles. The zero-order valence-electron chi connectivity index (χ0n) is 12.7. The van der Waals surface area contributed by atoms with E-state index in [9.17, 15) is 9.59 Å². The summed E-state index contributed by atoms with van der Waals surface area (Å²) in [5.41, 5.74) is 5.33. The van der Waals surface area contributed by atoms with Crippen molar-refractivity contribution in [2.45, 2.75) is 44.9 Å². The fourth-order valence-electron chi connectivity index (χ4n) is 2.31. The van der Waals surface area contributed by atoms with Gasteiger partial charge in [-0.3, -0.25) is 9.59 Å². The molecule has 1 aromatic rings. The van der Waals surface area contributed by atoms with Gasteiger partial charge in [-0.2, -0.15) is 0 Å². The van der Waals surface area contributed by atoms with E-state index in [2.05, 4.69) is 9.72 Å². The van der Waals surface area contributed by atoms with Gasteiger partial charge in [0.05, 0.1) is 19.4 Å². The molecule has 0 aliphatic carbocycles. The molecule has 0 saturated heterocycles. The van der Waals surface area contributed by atoms with Crippen molar-refractivity contribution in [3.8, 4) is 0 Å². The molecule has 21 heavy (non-hydrogen) atoms. The molecule has 0 aliphatic heterocycles. The summed E-state index contributed by atoms with van der Waals surface area (Å²) in [6.07, 6.45) is 1.74. The molecule has 1 rings (SSSR count). The molecule has 1 atom stereocenters. The Morgan fingerprint density at radius 3 is 2.57 bits per heavy atom. The van der Waals surface area contributed by atoms with Crippen LogP contribution < -0.4 is 5.73 Å². The smallest absolute Gasteiger partial charge is 0.318 e. The minimum Gasteiger partial charge on any atom is -0.469 e. The molecule has 0 amide bonds. The Hall–Kier alpha value is -1.63. The summed E-state index contributed by atoms with van der Waals surface area (Å²) in [5, 5.41) is 2.16. The number of thiazole rings is 1. The highest BCUT2D eigenvalue weighted by Crippen LogP contribution is 2.37. The Labute approximate surface area is 128 Å². The number of rotatable bonds is 8. The summed E-state index contributed by atoms with van der Waals surface area (Å²) in [7, 11) is 1.33. The van der Waals surface area contributed by atoms with E-state index in [0.29, 0.717) is 23.7 Å². The van der Waals surface area contributed by atoms with Crippen molar-refractivity contribution in [1.82, 2.24) is 4.98 Å². The lowest BCUT2D eigenvalue weighted by molar-refractivity contribution is -0.152. The van der Waals surface area contributed by atoms with Gasteiger partial charge in [-0.25, -0.2) is 4.98 Å². The number of methoxy groups -OCH3 is 1. The van der Waals surface area contributed by atoms with Crippen molar-refractivity contribution in [2.75, 3.05) is 19.5 Å². The van der Waals surface area contributed by atoms with Crippen molar-refractivity contribution in [3.05, 3.63) is 11.1 Å². The standard InChI is InChI=1S/C14H22N2O4S/c1-4-7-14(12(18)20-5-2,8-6-11(17)19-3)10-9-21-13(15)16-10/h9H,4-8H2,1-3H3,(H2,15,16)/t14-/m0/s1. The van der Waals surface area contributed by atoms with E-state index in [-0.39, 0.29) is 25.0 Å². The van der Waals surface area contributed by atoms with Crippen LogP contribution in [0.5, 0.6) is 0 Å². The number of nitrogens with zero attached hydrogens (tertiary/aromatic N) is 1. The van der Waals surface area contributed by atoms with Gasteiger partial charge in [0.25, 0.3) is 0 Å². The van der Waals surface area contributed by atoms with Gasteiger partial charge in [0.2, 0.25) is 0 Å². The number of hydrogen-bond acceptors (Lipinski definition) is 7. The van der Waals surface area contributed by atoms with E-state index < -0.39 is 5.41 Å². The summed E-state index contributed by atoms with van der Waals surface area (Å²) in [4.78, 5) is 28.2. The number of nitrogens with two attached hydrogens (primary N) is 1. The lowest BCUT2D eigenvalue weighted by atomic mass is 9.76. The van der Waals surface area contributed by atoms with Crippen molar-refractivity contribution in [2.24, 2.45) is 0 Å². The van der Waals surface area contributed by atoms with Gasteiger partial charge < -0.3 is 15.2 Å². The summed E-state index contributed by atoms with van der Waals surface area (Å²) in [5.74, 6) is -0.718. The molecule has 0 aromatic carbocycles. The number of hydrogen-bond donors (Lipinski definition) is 1. The minimum absolute atomic E-state index is 0.132. The second-order valence-corrected chi connectivity index (χ2v) is 5.59. The number of anilines is 1. The average Bonchev–Trinajstić information content (AvgIpc) is 2.90. The van der Waals surface area contributed by atoms with Crippen LogP contribution in [0.3, 0.4) is 0 Å². The number of carbonyl (C=O) groups excluding carboxylic acids is 2. The molecule has 7 heteroatoms. The molecular formula is C14H22N2O4S. The maximum absolute atomic E-state index is 12.5. The number of nitrogen functional groups attached to an aromatic ring is 1. The van der Waals surface area contributed by atoms with Gasteiger partial charge in [0.1, 0.15) is 5.41 Å². The van der Waals surface area contributed by atoms with Crippen LogP contribution in [0.2, 0.25) is 0 Å². The highest BCUT2D eigenvalue weighted by atomic mass is 32.1. The lowest BCUT2D eigenvalue weighted by Gasteiger charge is -2.29. The van der Waals surface area contributed by atoms with Crippen LogP contribution in [0, 0.1) is 0 Å². The molecule has 0 fully saturated rings. The average molecular weight is 314 g/mol. The Morgan fingerprint density at radius 2 is 2.10 bits per heavy atom. The van der Waals surface area contributed by atoms with Gasteiger partial charge in [0, 0.05) is 11.8 Å². The van der Waals surface area contributed by atoms with Crippen LogP contribution in [0.4, 0.5) is 5.13 Å². The van der Waals surface area contributed by atoms with Crippen molar-refractivity contribution in [3.63, 3.8) is 0 Å². The second kappa shape index (κ2) is 7.97. The van der Waals surface area contributed by atoms with E-state index in [0.717, 1.165) is 6.42 Å². The van der Waals surface area contributed by atoms with Gasteiger partial charge >= 0.3 is 11.9 Å². The van der Waals surface area contributed by atoms with Gasteiger partial charge in [0.15, 0.2) is 5.13 Å². The fraction of sp³-hybridized carbons (Fsp3) is 0.643. The highest BCUT2D eigenvalue weighted by Gasteiger charge is 2.43. The first-order chi connectivity index (χ1) is 10.00. The summed E-state index contributed by atoms with van der Waals surface area (Å²) in [6, 6.07) is 0. The molecule has 2 N–H and O–H groups in total. The zero-order valence-corrected chi connectivity index (χ0v) is 13.5. The number of aromatic nitrogens is 1. The van der Waals surface area contributed by atoms with E-state index in [1.807, 2.05) is 6.92 Å². The Balaban J connectivity index is 3.14. The van der Waals surface area contributed by atoms with Gasteiger partial charge in [-0.15, -0.1) is 11.3 Å². The predicted octanol–water partition coefficient (Wildman–Crippen LogP) is 2.28. The molecule has 0 radical (unpaired) electrons. The van der Waals surface area contributed by atoms with Crippen LogP contribution in [-0.4, -0.2) is 30.6 Å². The second-order valence-electron chi connectivity index (χ2n) is 4.70. The summed E-state index contributed by atoms with van der Waals surface area (Å²) < 4.78 is 9.89. The predicted molar refractivity (Wildman–Crippen MR) is 81.0 cm³/mol. The molecule has 0 spiro atoms. The Bertz CT molecular complexity index is 489.